The highest BCUT2D eigenvalue weighted by atomic mass is 32.2. The van der Waals surface area contributed by atoms with E-state index in [2.05, 4.69) is 15.5 Å². The summed E-state index contributed by atoms with van der Waals surface area (Å²) in [4.78, 5) is 13.2. The van der Waals surface area contributed by atoms with Gasteiger partial charge in [0.05, 0.1) is 10.9 Å². The lowest BCUT2D eigenvalue weighted by Crippen LogP contribution is -2.22. The maximum absolute atomic E-state index is 12.2. The smallest absolute Gasteiger partial charge is 0.237 e. The van der Waals surface area contributed by atoms with Crippen LogP contribution in [0.25, 0.3) is 0 Å². The maximum Gasteiger partial charge on any atom is 0.237 e. The molecule has 0 bridgehead atoms. The number of amides is 1. The molecule has 3 N–H and O–H groups in total. The molecule has 1 aromatic carbocycles. The number of nitrogens with two attached hydrogens (primary N) is 1. The number of carbonyl (C=O) groups is 1. The van der Waals surface area contributed by atoms with E-state index in [1.165, 1.54) is 23.1 Å². The van der Waals surface area contributed by atoms with E-state index in [9.17, 15) is 4.79 Å². The zero-order valence-corrected chi connectivity index (χ0v) is 13.4. The van der Waals surface area contributed by atoms with Crippen molar-refractivity contribution in [3.8, 4) is 0 Å². The largest absolute Gasteiger partial charge is 0.374 e. The minimum atomic E-state index is -0.266. The Labute approximate surface area is 129 Å². The number of rotatable bonds is 5. The summed E-state index contributed by atoms with van der Waals surface area (Å²) >= 11 is 4.23. The predicted octanol–water partition coefficient (Wildman–Crippen LogP) is 2.96. The molecule has 1 amide bonds. The molecule has 0 fully saturated rings. The number of hydrogen-bond donors (Lipinski definition) is 2. The van der Waals surface area contributed by atoms with Crippen LogP contribution in [-0.4, -0.2) is 27.6 Å². The number of para-hydroxylation sites is 1. The molecule has 1 unspecified atom stereocenters. The van der Waals surface area contributed by atoms with Crippen LogP contribution < -0.4 is 11.1 Å². The molecular weight excluding hydrogens is 312 g/mol. The van der Waals surface area contributed by atoms with E-state index in [0.29, 0.717) is 9.47 Å². The maximum atomic E-state index is 12.2. The highest BCUT2D eigenvalue weighted by Crippen LogP contribution is 2.29. The van der Waals surface area contributed by atoms with Gasteiger partial charge >= 0.3 is 0 Å². The topological polar surface area (TPSA) is 80.9 Å². The third-order valence-corrected chi connectivity index (χ3v) is 5.17. The van der Waals surface area contributed by atoms with Crippen molar-refractivity contribution in [1.29, 1.82) is 0 Å². The van der Waals surface area contributed by atoms with Crippen LogP contribution in [-0.2, 0) is 4.79 Å². The fraction of sp³-hybridized carbons (Fsp3) is 0.250. The van der Waals surface area contributed by atoms with Gasteiger partial charge < -0.3 is 11.1 Å². The zero-order chi connectivity index (χ0) is 14.5. The van der Waals surface area contributed by atoms with Crippen LogP contribution in [0.5, 0.6) is 0 Å². The highest BCUT2D eigenvalue weighted by Gasteiger charge is 2.17. The summed E-state index contributed by atoms with van der Waals surface area (Å²) < 4.78 is 0.698. The van der Waals surface area contributed by atoms with E-state index in [4.69, 9.17) is 5.73 Å². The SMILES string of the molecule is CSc1ccccc1NC(=O)C(C)Sc1nnc(N)s1. The first-order valence-electron chi connectivity index (χ1n) is 5.79. The number of nitrogens with one attached hydrogen (secondary N) is 1. The molecule has 0 radical (unpaired) electrons. The van der Waals surface area contributed by atoms with Crippen molar-refractivity contribution in [2.75, 3.05) is 17.3 Å². The van der Waals surface area contributed by atoms with Crippen LogP contribution >= 0.6 is 34.9 Å². The zero-order valence-electron chi connectivity index (χ0n) is 11.0. The number of aromatic nitrogens is 2. The number of carbonyl (C=O) groups excluding carboxylic acids is 1. The van der Waals surface area contributed by atoms with Gasteiger partial charge in [-0.15, -0.1) is 22.0 Å². The summed E-state index contributed by atoms with van der Waals surface area (Å²) in [5.74, 6) is -0.0646. The van der Waals surface area contributed by atoms with E-state index in [-0.39, 0.29) is 11.2 Å². The average molecular weight is 326 g/mol. The molecule has 1 aromatic heterocycles. The Morgan fingerprint density at radius 3 is 2.80 bits per heavy atom. The standard InChI is InChI=1S/C12H14N4OS3/c1-7(19-12-16-15-11(13)20-12)10(17)14-8-5-3-4-6-9(8)18-2/h3-7H,1-2H3,(H2,13,15)(H,14,17). The summed E-state index contributed by atoms with van der Waals surface area (Å²) in [7, 11) is 0. The summed E-state index contributed by atoms with van der Waals surface area (Å²) in [5.41, 5.74) is 6.35. The van der Waals surface area contributed by atoms with Gasteiger partial charge in [-0.05, 0) is 25.3 Å². The number of thioether (sulfide) groups is 2. The molecule has 106 valence electrons. The summed E-state index contributed by atoms with van der Waals surface area (Å²) in [6.07, 6.45) is 1.98. The highest BCUT2D eigenvalue weighted by molar-refractivity contribution is 8.02. The van der Waals surface area contributed by atoms with Crippen LogP contribution in [0.4, 0.5) is 10.8 Å². The second kappa shape index (κ2) is 6.96. The van der Waals surface area contributed by atoms with Crippen molar-refractivity contribution in [3.63, 3.8) is 0 Å². The third kappa shape index (κ3) is 3.87. The summed E-state index contributed by atoms with van der Waals surface area (Å²) in [5, 5.41) is 10.7. The molecule has 0 aliphatic heterocycles. The molecule has 8 heteroatoms. The number of benzene rings is 1. The Kier molecular flexibility index (Phi) is 5.27. The van der Waals surface area contributed by atoms with Crippen molar-refractivity contribution in [3.05, 3.63) is 24.3 Å². The first-order valence-corrected chi connectivity index (χ1v) is 8.71. The Morgan fingerprint density at radius 2 is 2.15 bits per heavy atom. The fourth-order valence-electron chi connectivity index (χ4n) is 1.46. The van der Waals surface area contributed by atoms with Gasteiger partial charge in [-0.25, -0.2) is 0 Å². The molecule has 1 heterocycles. The van der Waals surface area contributed by atoms with Gasteiger partial charge in [0.1, 0.15) is 0 Å². The number of hydrogen-bond acceptors (Lipinski definition) is 7. The molecule has 0 aliphatic rings. The Hall–Kier alpha value is -1.25. The van der Waals surface area contributed by atoms with E-state index in [1.807, 2.05) is 37.4 Å². The monoisotopic (exact) mass is 326 g/mol. The van der Waals surface area contributed by atoms with E-state index < -0.39 is 0 Å². The van der Waals surface area contributed by atoms with Gasteiger partial charge in [-0.2, -0.15) is 0 Å². The van der Waals surface area contributed by atoms with Gasteiger partial charge in [0, 0.05) is 4.90 Å². The van der Waals surface area contributed by atoms with Crippen LogP contribution in [0.1, 0.15) is 6.92 Å². The lowest BCUT2D eigenvalue weighted by Gasteiger charge is -2.12. The summed E-state index contributed by atoms with van der Waals surface area (Å²) in [6.45, 7) is 1.83. The van der Waals surface area contributed by atoms with Gasteiger partial charge in [-0.3, -0.25) is 4.79 Å². The molecule has 20 heavy (non-hydrogen) atoms. The first-order chi connectivity index (χ1) is 9.60. The van der Waals surface area contributed by atoms with Crippen molar-refractivity contribution < 1.29 is 4.79 Å². The van der Waals surface area contributed by atoms with Gasteiger partial charge in [0.15, 0.2) is 4.34 Å². The van der Waals surface area contributed by atoms with Crippen molar-refractivity contribution in [2.24, 2.45) is 0 Å². The molecular formula is C12H14N4OS3. The lowest BCUT2D eigenvalue weighted by atomic mass is 10.3. The number of nitrogen functional groups attached to an aromatic ring is 1. The molecule has 5 nitrogen and oxygen atoms in total. The van der Waals surface area contributed by atoms with Crippen LogP contribution in [0.15, 0.2) is 33.5 Å². The van der Waals surface area contributed by atoms with Gasteiger partial charge in [0.2, 0.25) is 11.0 Å². The van der Waals surface area contributed by atoms with Gasteiger partial charge in [-0.1, -0.05) is 35.2 Å². The lowest BCUT2D eigenvalue weighted by molar-refractivity contribution is -0.115. The van der Waals surface area contributed by atoms with Crippen LogP contribution in [0.3, 0.4) is 0 Å². The van der Waals surface area contributed by atoms with Crippen molar-refractivity contribution in [1.82, 2.24) is 10.2 Å². The van der Waals surface area contributed by atoms with E-state index >= 15 is 0 Å². The van der Waals surface area contributed by atoms with Gasteiger partial charge in [0.25, 0.3) is 0 Å². The second-order valence-electron chi connectivity index (χ2n) is 3.86. The Balaban J connectivity index is 2.00. The molecule has 2 rings (SSSR count). The van der Waals surface area contributed by atoms with Crippen molar-refractivity contribution >= 4 is 51.6 Å². The second-order valence-corrected chi connectivity index (χ2v) is 7.30. The van der Waals surface area contributed by atoms with Crippen LogP contribution in [0, 0.1) is 0 Å². The molecule has 0 saturated carbocycles. The number of nitrogens with zero attached hydrogens (tertiary/aromatic N) is 2. The van der Waals surface area contributed by atoms with Crippen molar-refractivity contribution in [2.45, 2.75) is 21.4 Å². The van der Waals surface area contributed by atoms with E-state index in [1.54, 1.807) is 11.8 Å². The molecule has 1 atom stereocenters. The van der Waals surface area contributed by atoms with E-state index in [0.717, 1.165) is 10.6 Å². The number of anilines is 2. The molecule has 0 spiro atoms. The molecule has 0 saturated heterocycles. The molecule has 0 aliphatic carbocycles. The quantitative estimate of drug-likeness (QED) is 0.822. The predicted molar refractivity (Wildman–Crippen MR) is 86.5 cm³/mol. The summed E-state index contributed by atoms with van der Waals surface area (Å²) in [6, 6.07) is 7.72. The average Bonchev–Trinajstić information content (AvgIpc) is 2.84. The minimum absolute atomic E-state index is 0.0646. The Morgan fingerprint density at radius 1 is 1.40 bits per heavy atom. The molecule has 2 aromatic rings. The third-order valence-electron chi connectivity index (χ3n) is 2.43. The Bertz CT molecular complexity index is 602. The first kappa shape index (κ1) is 15.1. The van der Waals surface area contributed by atoms with Crippen LogP contribution in [0.2, 0.25) is 0 Å². The fourth-order valence-corrected chi connectivity index (χ4v) is 3.79. The normalized spacial score (nSPS) is 12.1. The minimum Gasteiger partial charge on any atom is -0.374 e.